The number of carbonyl (C=O) groups excluding carboxylic acids is 1. The van der Waals surface area contributed by atoms with E-state index in [2.05, 4.69) is 15.4 Å². The fourth-order valence-corrected chi connectivity index (χ4v) is 3.40. The third-order valence-corrected chi connectivity index (χ3v) is 5.10. The average Bonchev–Trinajstić information content (AvgIpc) is 2.84. The first-order valence-electron chi connectivity index (χ1n) is 10.0. The van der Waals surface area contributed by atoms with Crippen LogP contribution >= 0.6 is 0 Å². The zero-order valence-electron chi connectivity index (χ0n) is 17.1. The number of benzene rings is 2. The summed E-state index contributed by atoms with van der Waals surface area (Å²) < 4.78 is 1.22. The largest absolute Gasteiger partial charge is 0.343 e. The molecule has 31 heavy (non-hydrogen) atoms. The van der Waals surface area contributed by atoms with Crippen LogP contribution in [0.2, 0.25) is 0 Å². The molecule has 1 unspecified atom stereocenters. The van der Waals surface area contributed by atoms with Gasteiger partial charge in [0, 0.05) is 24.0 Å². The van der Waals surface area contributed by atoms with E-state index in [-0.39, 0.29) is 17.5 Å². The second-order valence-corrected chi connectivity index (χ2v) is 7.18. The van der Waals surface area contributed by atoms with Crippen LogP contribution in [-0.2, 0) is 4.79 Å². The van der Waals surface area contributed by atoms with Gasteiger partial charge in [-0.05, 0) is 36.2 Å². The van der Waals surface area contributed by atoms with E-state index in [9.17, 15) is 9.59 Å². The second kappa shape index (κ2) is 9.17. The maximum absolute atomic E-state index is 13.2. The van der Waals surface area contributed by atoms with Crippen LogP contribution in [0, 0.1) is 0 Å². The molecule has 0 saturated heterocycles. The molecular weight excluding hydrogens is 388 g/mol. The first kappa shape index (κ1) is 20.2. The molecule has 0 radical (unpaired) electrons. The van der Waals surface area contributed by atoms with Crippen molar-refractivity contribution >= 4 is 5.91 Å². The monoisotopic (exact) mass is 410 g/mol. The molecule has 0 bridgehead atoms. The van der Waals surface area contributed by atoms with E-state index in [0.717, 1.165) is 16.7 Å². The fourth-order valence-electron chi connectivity index (χ4n) is 3.40. The molecular formula is C25H22N4O2. The number of amides is 1. The van der Waals surface area contributed by atoms with Gasteiger partial charge in [-0.2, -0.15) is 5.10 Å². The third-order valence-electron chi connectivity index (χ3n) is 5.10. The number of pyridine rings is 1. The van der Waals surface area contributed by atoms with Crippen LogP contribution in [0.25, 0.3) is 11.3 Å². The molecule has 2 aromatic carbocycles. The summed E-state index contributed by atoms with van der Waals surface area (Å²) in [6.45, 7) is 1.67. The van der Waals surface area contributed by atoms with Crippen molar-refractivity contribution in [2.75, 3.05) is 0 Å². The Kier molecular flexibility index (Phi) is 5.98. The van der Waals surface area contributed by atoms with Gasteiger partial charge >= 0.3 is 0 Å². The molecule has 0 saturated carbocycles. The summed E-state index contributed by atoms with van der Waals surface area (Å²) >= 11 is 0. The first-order valence-corrected chi connectivity index (χ1v) is 10.0. The molecule has 0 fully saturated rings. The summed E-state index contributed by atoms with van der Waals surface area (Å²) in [6.07, 6.45) is 3.32. The Morgan fingerprint density at radius 3 is 2.00 bits per heavy atom. The van der Waals surface area contributed by atoms with Crippen molar-refractivity contribution in [2.45, 2.75) is 19.0 Å². The van der Waals surface area contributed by atoms with E-state index in [1.54, 1.807) is 25.4 Å². The van der Waals surface area contributed by atoms with E-state index in [0.29, 0.717) is 5.69 Å². The highest BCUT2D eigenvalue weighted by atomic mass is 16.2. The third kappa shape index (κ3) is 4.59. The van der Waals surface area contributed by atoms with Crippen molar-refractivity contribution in [3.63, 3.8) is 0 Å². The predicted molar refractivity (Wildman–Crippen MR) is 119 cm³/mol. The SMILES string of the molecule is CC(C(=O)NC(c1ccccc1)c1ccccc1)n1nc(-c2ccncc2)ccc1=O. The molecule has 1 atom stereocenters. The van der Waals surface area contributed by atoms with Crippen LogP contribution in [0.1, 0.15) is 30.1 Å². The Morgan fingerprint density at radius 1 is 0.839 bits per heavy atom. The Labute approximate surface area is 180 Å². The van der Waals surface area contributed by atoms with Gasteiger partial charge in [0.25, 0.3) is 5.56 Å². The van der Waals surface area contributed by atoms with Gasteiger partial charge in [0.15, 0.2) is 0 Å². The molecule has 0 aliphatic heterocycles. The lowest BCUT2D eigenvalue weighted by Crippen LogP contribution is -2.39. The van der Waals surface area contributed by atoms with Crippen molar-refractivity contribution in [1.82, 2.24) is 20.1 Å². The van der Waals surface area contributed by atoms with Crippen LogP contribution < -0.4 is 10.9 Å². The van der Waals surface area contributed by atoms with Crippen molar-refractivity contribution in [3.8, 4) is 11.3 Å². The van der Waals surface area contributed by atoms with Crippen molar-refractivity contribution in [1.29, 1.82) is 0 Å². The molecule has 6 heteroatoms. The molecule has 4 aromatic rings. The number of aromatic nitrogens is 3. The van der Waals surface area contributed by atoms with E-state index in [1.807, 2.05) is 72.8 Å². The van der Waals surface area contributed by atoms with Crippen LogP contribution in [0.3, 0.4) is 0 Å². The second-order valence-electron chi connectivity index (χ2n) is 7.18. The Balaban J connectivity index is 1.63. The molecule has 6 nitrogen and oxygen atoms in total. The lowest BCUT2D eigenvalue weighted by molar-refractivity contribution is -0.124. The minimum Gasteiger partial charge on any atom is -0.343 e. The summed E-state index contributed by atoms with van der Waals surface area (Å²) in [5.74, 6) is -0.292. The van der Waals surface area contributed by atoms with Gasteiger partial charge in [-0.15, -0.1) is 0 Å². The summed E-state index contributed by atoms with van der Waals surface area (Å²) in [7, 11) is 0. The highest BCUT2D eigenvalue weighted by molar-refractivity contribution is 5.80. The summed E-state index contributed by atoms with van der Waals surface area (Å²) in [6, 6.07) is 25.1. The number of hydrogen-bond acceptors (Lipinski definition) is 4. The Hall–Kier alpha value is -4.06. The lowest BCUT2D eigenvalue weighted by Gasteiger charge is -2.22. The maximum atomic E-state index is 13.2. The molecule has 2 aromatic heterocycles. The first-order chi connectivity index (χ1) is 15.1. The molecule has 2 heterocycles. The minimum absolute atomic E-state index is 0.292. The van der Waals surface area contributed by atoms with E-state index < -0.39 is 6.04 Å². The topological polar surface area (TPSA) is 76.9 Å². The summed E-state index contributed by atoms with van der Waals surface area (Å²) in [4.78, 5) is 29.7. The summed E-state index contributed by atoms with van der Waals surface area (Å²) in [5.41, 5.74) is 3.00. The van der Waals surface area contributed by atoms with Crippen LogP contribution in [0.4, 0.5) is 0 Å². The molecule has 0 aliphatic rings. The molecule has 154 valence electrons. The van der Waals surface area contributed by atoms with Gasteiger partial charge < -0.3 is 5.32 Å². The van der Waals surface area contributed by atoms with Gasteiger partial charge in [0.05, 0.1) is 11.7 Å². The number of nitrogens with zero attached hydrogens (tertiary/aromatic N) is 3. The van der Waals surface area contributed by atoms with Crippen molar-refractivity contribution in [2.24, 2.45) is 0 Å². The molecule has 1 amide bonds. The van der Waals surface area contributed by atoms with Gasteiger partial charge in [-0.1, -0.05) is 60.7 Å². The van der Waals surface area contributed by atoms with Crippen LogP contribution in [0.15, 0.2) is 102 Å². The van der Waals surface area contributed by atoms with Gasteiger partial charge in [0.2, 0.25) is 5.91 Å². The zero-order chi connectivity index (χ0) is 21.6. The van der Waals surface area contributed by atoms with Crippen LogP contribution in [0.5, 0.6) is 0 Å². The minimum atomic E-state index is -0.788. The number of hydrogen-bond donors (Lipinski definition) is 1. The number of rotatable bonds is 6. The molecule has 1 N–H and O–H groups in total. The van der Waals surface area contributed by atoms with E-state index >= 15 is 0 Å². The quantitative estimate of drug-likeness (QED) is 0.525. The van der Waals surface area contributed by atoms with Crippen molar-refractivity contribution < 1.29 is 4.79 Å². The molecule has 0 spiro atoms. The number of nitrogens with one attached hydrogen (secondary N) is 1. The summed E-state index contributed by atoms with van der Waals surface area (Å²) in [5, 5.41) is 7.52. The standard InChI is InChI=1S/C25H22N4O2/c1-18(29-23(30)13-12-22(28-29)19-14-16-26-17-15-19)25(31)27-24(20-8-4-2-5-9-20)21-10-6-3-7-11-21/h2-18,24H,1H3,(H,27,31). The zero-order valence-corrected chi connectivity index (χ0v) is 17.1. The fraction of sp³-hybridized carbons (Fsp3) is 0.120. The molecule has 4 rings (SSSR count). The van der Waals surface area contributed by atoms with Crippen molar-refractivity contribution in [3.05, 3.63) is 119 Å². The van der Waals surface area contributed by atoms with E-state index in [4.69, 9.17) is 0 Å². The smallest absolute Gasteiger partial charge is 0.267 e. The Bertz CT molecular complexity index is 1170. The van der Waals surface area contributed by atoms with E-state index in [1.165, 1.54) is 10.7 Å². The van der Waals surface area contributed by atoms with Gasteiger partial charge in [0.1, 0.15) is 6.04 Å². The maximum Gasteiger partial charge on any atom is 0.267 e. The normalized spacial score (nSPS) is 11.8. The predicted octanol–water partition coefficient (Wildman–Crippen LogP) is 3.77. The Morgan fingerprint density at radius 2 is 1.42 bits per heavy atom. The highest BCUT2D eigenvalue weighted by Crippen LogP contribution is 2.23. The highest BCUT2D eigenvalue weighted by Gasteiger charge is 2.23. The van der Waals surface area contributed by atoms with Crippen LogP contribution in [-0.4, -0.2) is 20.7 Å². The lowest BCUT2D eigenvalue weighted by atomic mass is 9.98. The van der Waals surface area contributed by atoms with Gasteiger partial charge in [-0.3, -0.25) is 14.6 Å². The average molecular weight is 410 g/mol. The van der Waals surface area contributed by atoms with Gasteiger partial charge in [-0.25, -0.2) is 4.68 Å². The number of carbonyl (C=O) groups is 1. The molecule has 0 aliphatic carbocycles.